The van der Waals surface area contributed by atoms with Gasteiger partial charge in [0.25, 0.3) is 5.56 Å². The van der Waals surface area contributed by atoms with Crippen molar-refractivity contribution < 1.29 is 18.7 Å². The second-order valence-electron chi connectivity index (χ2n) is 8.84. The van der Waals surface area contributed by atoms with Gasteiger partial charge >= 0.3 is 6.09 Å². The first-order chi connectivity index (χ1) is 17.0. The van der Waals surface area contributed by atoms with E-state index in [2.05, 4.69) is 16.4 Å². The van der Waals surface area contributed by atoms with E-state index < -0.39 is 11.9 Å². The third-order valence-corrected chi connectivity index (χ3v) is 6.40. The molecule has 2 aliphatic rings. The lowest BCUT2D eigenvalue weighted by atomic mass is 9.97. The van der Waals surface area contributed by atoms with Crippen LogP contribution in [0.25, 0.3) is 11.4 Å². The van der Waals surface area contributed by atoms with Crippen LogP contribution < -0.4 is 10.9 Å². The van der Waals surface area contributed by atoms with E-state index in [4.69, 9.17) is 4.74 Å². The number of rotatable bonds is 7. The number of hydrogen-bond donors (Lipinski definition) is 1. The van der Waals surface area contributed by atoms with Gasteiger partial charge in [0, 0.05) is 24.2 Å². The van der Waals surface area contributed by atoms with Crippen molar-refractivity contribution in [3.8, 4) is 11.4 Å². The van der Waals surface area contributed by atoms with Gasteiger partial charge in [-0.25, -0.2) is 14.2 Å². The maximum absolute atomic E-state index is 13.6. The normalized spacial score (nSPS) is 15.3. The van der Waals surface area contributed by atoms with Crippen molar-refractivity contribution in [2.75, 3.05) is 19.7 Å². The highest BCUT2D eigenvalue weighted by atomic mass is 19.1. The third-order valence-electron chi connectivity index (χ3n) is 6.40. The largest absolute Gasteiger partial charge is 0.450 e. The van der Waals surface area contributed by atoms with E-state index in [1.54, 1.807) is 6.92 Å². The summed E-state index contributed by atoms with van der Waals surface area (Å²) in [6.45, 7) is 2.78. The summed E-state index contributed by atoms with van der Waals surface area (Å²) in [4.78, 5) is 44.6. The highest BCUT2D eigenvalue weighted by Gasteiger charge is 2.27. The Bertz CT molecular complexity index is 1170. The molecule has 186 valence electrons. The fourth-order valence-corrected chi connectivity index (χ4v) is 4.56. The predicted molar refractivity (Wildman–Crippen MR) is 129 cm³/mol. The summed E-state index contributed by atoms with van der Waals surface area (Å²) in [6, 6.07) is 5.63. The Morgan fingerprint density at radius 2 is 1.97 bits per heavy atom. The van der Waals surface area contributed by atoms with E-state index in [0.29, 0.717) is 36.3 Å². The molecule has 4 rings (SSSR count). The molecule has 0 spiro atoms. The third kappa shape index (κ3) is 5.96. The molecule has 35 heavy (non-hydrogen) atoms. The van der Waals surface area contributed by atoms with Crippen molar-refractivity contribution >= 4 is 12.0 Å². The molecule has 2 heterocycles. The van der Waals surface area contributed by atoms with Crippen LogP contribution in [0.3, 0.4) is 0 Å². The SMILES string of the molecule is CCOC(=O)N1CCc2c(nc(-c3ccc(F)cc3)n(CC(=O)NCCC3=CCCCC3)c2=O)C1. The lowest BCUT2D eigenvalue weighted by Crippen LogP contribution is -2.42. The number of nitrogens with one attached hydrogen (secondary N) is 1. The number of ether oxygens (including phenoxy) is 1. The van der Waals surface area contributed by atoms with Crippen molar-refractivity contribution in [3.63, 3.8) is 0 Å². The maximum atomic E-state index is 13.6. The maximum Gasteiger partial charge on any atom is 0.410 e. The highest BCUT2D eigenvalue weighted by Crippen LogP contribution is 2.22. The Morgan fingerprint density at radius 1 is 1.17 bits per heavy atom. The van der Waals surface area contributed by atoms with Crippen molar-refractivity contribution in [2.45, 2.75) is 58.5 Å². The fourth-order valence-electron chi connectivity index (χ4n) is 4.56. The molecule has 8 nitrogen and oxygen atoms in total. The number of carbonyl (C=O) groups excluding carboxylic acids is 2. The first-order valence-corrected chi connectivity index (χ1v) is 12.2. The Kier molecular flexibility index (Phi) is 7.94. The van der Waals surface area contributed by atoms with Crippen LogP contribution in [0.15, 0.2) is 40.7 Å². The summed E-state index contributed by atoms with van der Waals surface area (Å²) in [6.07, 6.45) is 7.48. The van der Waals surface area contributed by atoms with Gasteiger partial charge in [0.05, 0.1) is 18.8 Å². The molecule has 0 saturated carbocycles. The Morgan fingerprint density at radius 3 is 2.69 bits per heavy atom. The Hall–Kier alpha value is -3.49. The van der Waals surface area contributed by atoms with E-state index in [0.717, 1.165) is 19.3 Å². The van der Waals surface area contributed by atoms with Crippen LogP contribution in [0.5, 0.6) is 0 Å². The number of hydrogen-bond acceptors (Lipinski definition) is 5. The van der Waals surface area contributed by atoms with E-state index in [1.807, 2.05) is 0 Å². The zero-order valence-corrected chi connectivity index (χ0v) is 20.0. The summed E-state index contributed by atoms with van der Waals surface area (Å²) in [5.74, 6) is -0.425. The second kappa shape index (κ2) is 11.3. The smallest absolute Gasteiger partial charge is 0.410 e. The quantitative estimate of drug-likeness (QED) is 0.609. The molecular weight excluding hydrogens is 451 g/mol. The number of aromatic nitrogens is 2. The summed E-state index contributed by atoms with van der Waals surface area (Å²) >= 11 is 0. The van der Waals surface area contributed by atoms with E-state index in [1.165, 1.54) is 52.1 Å². The molecule has 2 aromatic rings. The molecule has 1 aliphatic heterocycles. The minimum atomic E-state index is -0.458. The van der Waals surface area contributed by atoms with Gasteiger partial charge < -0.3 is 15.0 Å². The molecule has 2 amide bonds. The average Bonchev–Trinajstić information content (AvgIpc) is 2.86. The fraction of sp³-hybridized carbons (Fsp3) is 0.462. The second-order valence-corrected chi connectivity index (χ2v) is 8.84. The predicted octanol–water partition coefficient (Wildman–Crippen LogP) is 3.57. The van der Waals surface area contributed by atoms with Gasteiger partial charge in [-0.1, -0.05) is 11.6 Å². The van der Waals surface area contributed by atoms with Crippen LogP contribution in [-0.4, -0.2) is 46.1 Å². The van der Waals surface area contributed by atoms with Crippen LogP contribution in [-0.2, 0) is 29.0 Å². The highest BCUT2D eigenvalue weighted by molar-refractivity contribution is 5.76. The van der Waals surface area contributed by atoms with Crippen molar-refractivity contribution in [1.82, 2.24) is 19.8 Å². The summed E-state index contributed by atoms with van der Waals surface area (Å²) in [5.41, 5.74) is 2.51. The minimum absolute atomic E-state index is 0.139. The number of nitrogens with zero attached hydrogens (tertiary/aromatic N) is 3. The van der Waals surface area contributed by atoms with Crippen molar-refractivity contribution in [1.29, 1.82) is 0 Å². The number of amides is 2. The zero-order valence-electron chi connectivity index (χ0n) is 20.0. The van der Waals surface area contributed by atoms with E-state index in [9.17, 15) is 18.8 Å². The topological polar surface area (TPSA) is 93.5 Å². The average molecular weight is 483 g/mol. The van der Waals surface area contributed by atoms with Crippen LogP contribution >= 0.6 is 0 Å². The van der Waals surface area contributed by atoms with Gasteiger partial charge in [-0.15, -0.1) is 0 Å². The number of halogens is 1. The number of fused-ring (bicyclic) bond motifs is 1. The minimum Gasteiger partial charge on any atom is -0.450 e. The molecule has 1 aromatic heterocycles. The molecule has 0 bridgehead atoms. The zero-order chi connectivity index (χ0) is 24.8. The van der Waals surface area contributed by atoms with Gasteiger partial charge in [-0.2, -0.15) is 0 Å². The Labute approximate surface area is 203 Å². The molecule has 0 unspecified atom stereocenters. The summed E-state index contributed by atoms with van der Waals surface area (Å²) < 4.78 is 20.0. The summed E-state index contributed by atoms with van der Waals surface area (Å²) in [5, 5.41) is 2.91. The molecule has 0 atom stereocenters. The summed E-state index contributed by atoms with van der Waals surface area (Å²) in [7, 11) is 0. The monoisotopic (exact) mass is 482 g/mol. The lowest BCUT2D eigenvalue weighted by Gasteiger charge is -2.28. The van der Waals surface area contributed by atoms with Crippen LogP contribution in [0, 0.1) is 5.82 Å². The molecule has 1 aliphatic carbocycles. The number of benzene rings is 1. The van der Waals surface area contributed by atoms with E-state index >= 15 is 0 Å². The molecule has 9 heteroatoms. The molecule has 0 fully saturated rings. The van der Waals surface area contributed by atoms with Gasteiger partial charge in [-0.3, -0.25) is 14.2 Å². The van der Waals surface area contributed by atoms with Crippen LogP contribution in [0.4, 0.5) is 9.18 Å². The van der Waals surface area contributed by atoms with Crippen molar-refractivity contribution in [2.24, 2.45) is 0 Å². The lowest BCUT2D eigenvalue weighted by molar-refractivity contribution is -0.121. The molecule has 0 radical (unpaired) electrons. The van der Waals surface area contributed by atoms with Gasteiger partial charge in [0.2, 0.25) is 5.91 Å². The molecule has 0 saturated heterocycles. The number of allylic oxidation sites excluding steroid dienone is 1. The molecule has 1 N–H and O–H groups in total. The first-order valence-electron chi connectivity index (χ1n) is 12.2. The Balaban J connectivity index is 1.58. The number of carbonyl (C=O) groups is 2. The van der Waals surface area contributed by atoms with Gasteiger partial charge in [0.15, 0.2) is 0 Å². The standard InChI is InChI=1S/C26H31FN4O4/c1-2-35-26(34)30-15-13-21-22(16-30)29-24(19-8-10-20(27)11-9-19)31(25(21)33)17-23(32)28-14-12-18-6-4-3-5-7-18/h6,8-11H,2-5,7,12-17H2,1H3,(H,28,32). The van der Waals surface area contributed by atoms with Crippen molar-refractivity contribution in [3.05, 3.63) is 63.3 Å². The molecular formula is C26H31FN4O4. The van der Waals surface area contributed by atoms with E-state index in [-0.39, 0.29) is 37.0 Å². The first kappa shape index (κ1) is 24.6. The van der Waals surface area contributed by atoms with Crippen LogP contribution in [0.1, 0.15) is 50.3 Å². The molecule has 1 aromatic carbocycles. The van der Waals surface area contributed by atoms with Gasteiger partial charge in [-0.05, 0) is 69.7 Å². The van der Waals surface area contributed by atoms with Crippen LogP contribution in [0.2, 0.25) is 0 Å². The van der Waals surface area contributed by atoms with Gasteiger partial charge in [0.1, 0.15) is 18.2 Å².